The summed E-state index contributed by atoms with van der Waals surface area (Å²) in [6.45, 7) is 1.82. The number of piperidine rings is 1. The topological polar surface area (TPSA) is 38.8 Å². The van der Waals surface area contributed by atoms with Crippen LogP contribution in [0.5, 0.6) is 11.5 Å². The standard InChI is InChI=1S/C19H19NO3/c21-19(15-8-9-17-18(11-15)23-13-22-17)20-10-4-7-16(12-20)14-5-2-1-3-6-14/h1-3,5-6,8-9,11,16H,4,7,10,12-13H2/t16-/m1/s1. The largest absolute Gasteiger partial charge is 0.454 e. The van der Waals surface area contributed by atoms with Crippen LogP contribution in [0.25, 0.3) is 0 Å². The Kier molecular flexibility index (Phi) is 3.66. The van der Waals surface area contributed by atoms with E-state index in [1.807, 2.05) is 23.1 Å². The molecule has 23 heavy (non-hydrogen) atoms. The van der Waals surface area contributed by atoms with Gasteiger partial charge in [-0.3, -0.25) is 4.79 Å². The maximum atomic E-state index is 12.8. The molecular weight excluding hydrogens is 290 g/mol. The summed E-state index contributed by atoms with van der Waals surface area (Å²) in [5, 5.41) is 0. The van der Waals surface area contributed by atoms with Crippen LogP contribution >= 0.6 is 0 Å². The lowest BCUT2D eigenvalue weighted by molar-refractivity contribution is 0.0706. The molecule has 0 spiro atoms. The van der Waals surface area contributed by atoms with Crippen LogP contribution in [-0.4, -0.2) is 30.7 Å². The first kappa shape index (κ1) is 14.1. The van der Waals surface area contributed by atoms with Crippen LogP contribution in [-0.2, 0) is 0 Å². The van der Waals surface area contributed by atoms with Gasteiger partial charge in [-0.2, -0.15) is 0 Å². The predicted molar refractivity (Wildman–Crippen MR) is 86.9 cm³/mol. The molecule has 2 heterocycles. The Morgan fingerprint density at radius 3 is 2.74 bits per heavy atom. The van der Waals surface area contributed by atoms with E-state index in [2.05, 4.69) is 24.3 Å². The van der Waals surface area contributed by atoms with Gasteiger partial charge in [0.25, 0.3) is 5.91 Å². The molecule has 0 bridgehead atoms. The molecule has 0 N–H and O–H groups in total. The minimum absolute atomic E-state index is 0.0731. The first-order valence-electron chi connectivity index (χ1n) is 8.05. The predicted octanol–water partition coefficient (Wildman–Crippen LogP) is 3.44. The summed E-state index contributed by atoms with van der Waals surface area (Å²) in [6, 6.07) is 15.9. The van der Waals surface area contributed by atoms with Crippen molar-refractivity contribution in [3.63, 3.8) is 0 Å². The second kappa shape index (κ2) is 5.95. The van der Waals surface area contributed by atoms with Crippen LogP contribution in [0.3, 0.4) is 0 Å². The van der Waals surface area contributed by atoms with Crippen LogP contribution in [0.4, 0.5) is 0 Å². The number of rotatable bonds is 2. The third-order valence-corrected chi connectivity index (χ3v) is 4.60. The van der Waals surface area contributed by atoms with Gasteiger partial charge in [-0.25, -0.2) is 0 Å². The zero-order chi connectivity index (χ0) is 15.6. The number of carbonyl (C=O) groups excluding carboxylic acids is 1. The summed E-state index contributed by atoms with van der Waals surface area (Å²) in [4.78, 5) is 14.8. The van der Waals surface area contributed by atoms with Crippen molar-refractivity contribution in [3.05, 3.63) is 59.7 Å². The number of nitrogens with zero attached hydrogens (tertiary/aromatic N) is 1. The van der Waals surface area contributed by atoms with E-state index in [0.29, 0.717) is 23.0 Å². The van der Waals surface area contributed by atoms with Crippen LogP contribution in [0.2, 0.25) is 0 Å². The quantitative estimate of drug-likeness (QED) is 0.853. The number of amides is 1. The molecule has 0 aromatic heterocycles. The highest BCUT2D eigenvalue weighted by Gasteiger charge is 2.26. The van der Waals surface area contributed by atoms with Crippen molar-refractivity contribution in [2.45, 2.75) is 18.8 Å². The van der Waals surface area contributed by atoms with E-state index in [4.69, 9.17) is 9.47 Å². The fraction of sp³-hybridized carbons (Fsp3) is 0.316. The van der Waals surface area contributed by atoms with Gasteiger partial charge in [0.1, 0.15) is 0 Å². The van der Waals surface area contributed by atoms with Crippen molar-refractivity contribution in [3.8, 4) is 11.5 Å². The number of benzene rings is 2. The molecule has 2 aliphatic rings. The number of ether oxygens (including phenoxy) is 2. The Hall–Kier alpha value is -2.49. The van der Waals surface area contributed by atoms with Crippen molar-refractivity contribution in [2.75, 3.05) is 19.9 Å². The molecule has 0 unspecified atom stereocenters. The number of carbonyl (C=O) groups is 1. The molecule has 4 heteroatoms. The van der Waals surface area contributed by atoms with Gasteiger partial charge in [0.2, 0.25) is 6.79 Å². The van der Waals surface area contributed by atoms with E-state index in [0.717, 1.165) is 25.9 Å². The van der Waals surface area contributed by atoms with Crippen LogP contribution in [0.1, 0.15) is 34.7 Å². The van der Waals surface area contributed by atoms with E-state index >= 15 is 0 Å². The van der Waals surface area contributed by atoms with Crippen LogP contribution < -0.4 is 9.47 Å². The minimum Gasteiger partial charge on any atom is -0.454 e. The summed E-state index contributed by atoms with van der Waals surface area (Å²) in [5.41, 5.74) is 1.98. The SMILES string of the molecule is O=C(c1ccc2c(c1)OCO2)N1CCC[C@@H](c2ccccc2)C1. The van der Waals surface area contributed by atoms with E-state index in [1.165, 1.54) is 5.56 Å². The van der Waals surface area contributed by atoms with E-state index < -0.39 is 0 Å². The Labute approximate surface area is 135 Å². The Morgan fingerprint density at radius 2 is 1.87 bits per heavy atom. The second-order valence-corrected chi connectivity index (χ2v) is 6.07. The highest BCUT2D eigenvalue weighted by molar-refractivity contribution is 5.95. The van der Waals surface area contributed by atoms with Crippen molar-refractivity contribution >= 4 is 5.91 Å². The molecule has 4 nitrogen and oxygen atoms in total. The van der Waals surface area contributed by atoms with Crippen molar-refractivity contribution in [1.82, 2.24) is 4.90 Å². The molecule has 1 fully saturated rings. The van der Waals surface area contributed by atoms with E-state index in [1.54, 1.807) is 6.07 Å². The van der Waals surface area contributed by atoms with E-state index in [9.17, 15) is 4.79 Å². The Balaban J connectivity index is 1.52. The molecule has 1 amide bonds. The highest BCUT2D eigenvalue weighted by Crippen LogP contribution is 2.33. The van der Waals surface area contributed by atoms with Gasteiger partial charge in [-0.15, -0.1) is 0 Å². The number of likely N-dealkylation sites (tertiary alicyclic amines) is 1. The average Bonchev–Trinajstić information content (AvgIpc) is 3.09. The molecule has 0 aliphatic carbocycles. The number of fused-ring (bicyclic) bond motifs is 1. The third-order valence-electron chi connectivity index (χ3n) is 4.60. The summed E-state index contributed by atoms with van der Waals surface area (Å²) in [6.07, 6.45) is 2.17. The summed E-state index contributed by atoms with van der Waals surface area (Å²) < 4.78 is 10.7. The summed E-state index contributed by atoms with van der Waals surface area (Å²) in [5.74, 6) is 1.86. The second-order valence-electron chi connectivity index (χ2n) is 6.07. The van der Waals surface area contributed by atoms with Gasteiger partial charge in [0, 0.05) is 24.6 Å². The normalized spacial score (nSPS) is 19.7. The first-order valence-corrected chi connectivity index (χ1v) is 8.05. The molecule has 2 aliphatic heterocycles. The molecule has 0 radical (unpaired) electrons. The van der Waals surface area contributed by atoms with Crippen molar-refractivity contribution in [2.24, 2.45) is 0 Å². The van der Waals surface area contributed by atoms with Crippen LogP contribution in [0.15, 0.2) is 48.5 Å². The monoisotopic (exact) mass is 309 g/mol. The lowest BCUT2D eigenvalue weighted by Crippen LogP contribution is -2.39. The minimum atomic E-state index is 0.0731. The molecule has 4 rings (SSSR count). The van der Waals surface area contributed by atoms with Gasteiger partial charge < -0.3 is 14.4 Å². The molecule has 2 aromatic rings. The number of hydrogen-bond donors (Lipinski definition) is 0. The average molecular weight is 309 g/mol. The first-order chi connectivity index (χ1) is 11.3. The molecular formula is C19H19NO3. The van der Waals surface area contributed by atoms with Gasteiger partial charge in [-0.1, -0.05) is 30.3 Å². The summed E-state index contributed by atoms with van der Waals surface area (Å²) in [7, 11) is 0. The molecule has 0 saturated carbocycles. The van der Waals surface area contributed by atoms with Crippen molar-refractivity contribution < 1.29 is 14.3 Å². The summed E-state index contributed by atoms with van der Waals surface area (Å²) >= 11 is 0. The maximum absolute atomic E-state index is 12.8. The highest BCUT2D eigenvalue weighted by atomic mass is 16.7. The maximum Gasteiger partial charge on any atom is 0.254 e. The Bertz CT molecular complexity index is 714. The molecule has 1 saturated heterocycles. The smallest absolute Gasteiger partial charge is 0.254 e. The fourth-order valence-corrected chi connectivity index (χ4v) is 3.37. The fourth-order valence-electron chi connectivity index (χ4n) is 3.37. The van der Waals surface area contributed by atoms with Gasteiger partial charge in [-0.05, 0) is 36.6 Å². The van der Waals surface area contributed by atoms with Gasteiger partial charge in [0.05, 0.1) is 0 Å². The third kappa shape index (κ3) is 2.77. The van der Waals surface area contributed by atoms with E-state index in [-0.39, 0.29) is 12.7 Å². The molecule has 2 aromatic carbocycles. The van der Waals surface area contributed by atoms with Gasteiger partial charge >= 0.3 is 0 Å². The van der Waals surface area contributed by atoms with Crippen LogP contribution in [0, 0.1) is 0 Å². The lowest BCUT2D eigenvalue weighted by atomic mass is 9.90. The zero-order valence-corrected chi connectivity index (χ0v) is 12.9. The van der Waals surface area contributed by atoms with Crippen molar-refractivity contribution in [1.29, 1.82) is 0 Å². The zero-order valence-electron chi connectivity index (χ0n) is 12.9. The molecule has 118 valence electrons. The lowest BCUT2D eigenvalue weighted by Gasteiger charge is -2.33. The Morgan fingerprint density at radius 1 is 1.04 bits per heavy atom. The number of hydrogen-bond acceptors (Lipinski definition) is 3. The molecule has 1 atom stereocenters. The van der Waals surface area contributed by atoms with Gasteiger partial charge in [0.15, 0.2) is 11.5 Å².